The molecule has 3 aromatic rings. The van der Waals surface area contributed by atoms with Crippen LogP contribution in [0.3, 0.4) is 0 Å². The van der Waals surface area contributed by atoms with Gasteiger partial charge in [0, 0.05) is 12.3 Å². The van der Waals surface area contributed by atoms with Crippen LogP contribution in [-0.2, 0) is 14.4 Å². The van der Waals surface area contributed by atoms with E-state index in [2.05, 4.69) is 26.6 Å². The van der Waals surface area contributed by atoms with Gasteiger partial charge in [0.25, 0.3) is 0 Å². The molecule has 3 aromatic carbocycles. The van der Waals surface area contributed by atoms with Crippen molar-refractivity contribution in [1.29, 1.82) is 0 Å². The number of amides is 2. The number of aliphatic hydroxyl groups is 1. The minimum atomic E-state index is -1.77. The summed E-state index contributed by atoms with van der Waals surface area (Å²) in [5.41, 5.74) is -0.444. The van der Waals surface area contributed by atoms with Gasteiger partial charge in [0.15, 0.2) is 0 Å². The molecule has 0 spiro atoms. The number of anilines is 2. The number of Topliss-reactive ketones (excluding diaryl/α,β-unsaturated/α-hetero) is 1. The van der Waals surface area contributed by atoms with Crippen LogP contribution in [0.15, 0.2) is 71.2 Å². The first-order valence-corrected chi connectivity index (χ1v) is 14.5. The molecule has 1 fully saturated rings. The number of methoxy groups -OCH3 is 1. The molecule has 4 rings (SSSR count). The van der Waals surface area contributed by atoms with Crippen molar-refractivity contribution >= 4 is 44.9 Å². The predicted molar refractivity (Wildman–Crippen MR) is 163 cm³/mol. The summed E-state index contributed by atoms with van der Waals surface area (Å²) >= 11 is 3.49. The minimum Gasteiger partial charge on any atom is -0.496 e. The third-order valence-corrected chi connectivity index (χ3v) is 7.90. The lowest BCUT2D eigenvalue weighted by atomic mass is 9.61. The molecule has 9 nitrogen and oxygen atoms in total. The van der Waals surface area contributed by atoms with E-state index in [1.807, 2.05) is 13.8 Å². The van der Waals surface area contributed by atoms with Crippen LogP contribution in [0.25, 0.3) is 0 Å². The van der Waals surface area contributed by atoms with Gasteiger partial charge in [-0.3, -0.25) is 14.4 Å². The van der Waals surface area contributed by atoms with Crippen LogP contribution in [0, 0.1) is 11.8 Å². The number of halogens is 1. The Labute approximate surface area is 253 Å². The van der Waals surface area contributed by atoms with E-state index in [9.17, 15) is 19.5 Å². The number of carbonyl (C=O) groups excluding carboxylic acids is 3. The molecule has 1 aliphatic rings. The van der Waals surface area contributed by atoms with Gasteiger partial charge >= 0.3 is 0 Å². The van der Waals surface area contributed by atoms with E-state index in [-0.39, 0.29) is 0 Å². The van der Waals surface area contributed by atoms with E-state index in [4.69, 9.17) is 14.2 Å². The van der Waals surface area contributed by atoms with Crippen LogP contribution in [0.4, 0.5) is 11.4 Å². The van der Waals surface area contributed by atoms with Gasteiger partial charge in [-0.25, -0.2) is 0 Å². The van der Waals surface area contributed by atoms with Crippen LogP contribution in [0.2, 0.25) is 0 Å². The van der Waals surface area contributed by atoms with E-state index in [1.54, 1.807) is 66.7 Å². The summed E-state index contributed by atoms with van der Waals surface area (Å²) < 4.78 is 17.3. The van der Waals surface area contributed by atoms with E-state index in [0.717, 1.165) is 0 Å². The Kier molecular flexibility index (Phi) is 9.90. The van der Waals surface area contributed by atoms with Gasteiger partial charge in [0.05, 0.1) is 47.7 Å². The maximum atomic E-state index is 14.1. The normalized spacial score (nSPS) is 21.8. The SMILES string of the molecule is CCOc1ccccc1NC(=O)C1C(=O)CC(C)(O)C(C(=O)Nc2ccccc2OCC)C1c1ccc(OC)c(Br)c1. The molecular formula is C32H35BrN2O7. The highest BCUT2D eigenvalue weighted by Crippen LogP contribution is 2.48. The average molecular weight is 640 g/mol. The fourth-order valence-corrected chi connectivity index (χ4v) is 6.06. The topological polar surface area (TPSA) is 123 Å². The number of hydrogen-bond donors (Lipinski definition) is 3. The largest absolute Gasteiger partial charge is 0.496 e. The van der Waals surface area contributed by atoms with E-state index in [0.29, 0.717) is 51.9 Å². The van der Waals surface area contributed by atoms with E-state index >= 15 is 0 Å². The second-order valence-corrected chi connectivity index (χ2v) is 11.1. The summed E-state index contributed by atoms with van der Waals surface area (Å²) in [4.78, 5) is 41.7. The van der Waals surface area contributed by atoms with Crippen molar-refractivity contribution < 1.29 is 33.7 Å². The molecule has 4 atom stereocenters. The molecule has 1 saturated carbocycles. The number of para-hydroxylation sites is 4. The molecule has 4 unspecified atom stereocenters. The van der Waals surface area contributed by atoms with Crippen LogP contribution >= 0.6 is 15.9 Å². The van der Waals surface area contributed by atoms with Crippen molar-refractivity contribution in [2.24, 2.45) is 11.8 Å². The summed E-state index contributed by atoms with van der Waals surface area (Å²) in [7, 11) is 1.52. The zero-order chi connectivity index (χ0) is 30.4. The summed E-state index contributed by atoms with van der Waals surface area (Å²) in [6.07, 6.45) is -0.392. The molecule has 0 radical (unpaired) electrons. The minimum absolute atomic E-state index is 0.381. The van der Waals surface area contributed by atoms with Crippen LogP contribution in [0.5, 0.6) is 17.2 Å². The maximum Gasteiger partial charge on any atom is 0.235 e. The average Bonchev–Trinajstić information content (AvgIpc) is 2.94. The molecule has 1 aliphatic carbocycles. The Bertz CT molecular complexity index is 1460. The Hall–Kier alpha value is -3.89. The van der Waals surface area contributed by atoms with Crippen molar-refractivity contribution in [3.8, 4) is 17.2 Å². The number of ether oxygens (including phenoxy) is 3. The van der Waals surface area contributed by atoms with Gasteiger partial charge in [-0.1, -0.05) is 30.3 Å². The highest BCUT2D eigenvalue weighted by atomic mass is 79.9. The quantitative estimate of drug-likeness (QED) is 0.248. The Balaban J connectivity index is 1.80. The fraction of sp³-hybridized carbons (Fsp3) is 0.344. The molecule has 10 heteroatoms. The molecule has 0 bridgehead atoms. The molecule has 0 aromatic heterocycles. The standard InChI is InChI=1S/C32H35BrN2O7/c1-5-41-25-13-9-7-11-21(25)34-30(37)28-23(36)18-32(3,39)29(27(28)19-15-16-24(40-4)20(33)17-19)31(38)35-22-12-8-10-14-26(22)42-6-2/h7-17,27-29,39H,5-6,18H2,1-4H3,(H,34,37)(H,35,38). The van der Waals surface area contributed by atoms with Crippen molar-refractivity contribution in [3.05, 3.63) is 76.8 Å². The second kappa shape index (κ2) is 13.4. The van der Waals surface area contributed by atoms with Crippen LogP contribution < -0.4 is 24.8 Å². The lowest BCUT2D eigenvalue weighted by Crippen LogP contribution is -2.56. The smallest absolute Gasteiger partial charge is 0.235 e. The highest BCUT2D eigenvalue weighted by molar-refractivity contribution is 9.10. The van der Waals surface area contributed by atoms with Gasteiger partial charge in [-0.2, -0.15) is 0 Å². The molecule has 0 heterocycles. The summed E-state index contributed by atoms with van der Waals surface area (Å²) in [5.74, 6) is -3.70. The molecule has 2 amide bonds. The molecule has 0 saturated heterocycles. The zero-order valence-corrected chi connectivity index (χ0v) is 25.6. The van der Waals surface area contributed by atoms with E-state index < -0.39 is 47.4 Å². The highest BCUT2D eigenvalue weighted by Gasteiger charge is 2.56. The molecule has 222 valence electrons. The number of nitrogens with one attached hydrogen (secondary N) is 2. The Morgan fingerprint density at radius 1 is 0.905 bits per heavy atom. The number of carbonyl (C=O) groups is 3. The number of ketones is 1. The Morgan fingerprint density at radius 3 is 1.98 bits per heavy atom. The first-order chi connectivity index (χ1) is 20.1. The first-order valence-electron chi connectivity index (χ1n) is 13.7. The third kappa shape index (κ3) is 6.60. The molecule has 42 heavy (non-hydrogen) atoms. The van der Waals surface area contributed by atoms with Crippen LogP contribution in [0.1, 0.15) is 38.7 Å². The van der Waals surface area contributed by atoms with Gasteiger partial charge in [-0.05, 0) is 78.7 Å². The fourth-order valence-electron chi connectivity index (χ4n) is 5.51. The molecule has 3 N–H and O–H groups in total. The van der Waals surface area contributed by atoms with Crippen LogP contribution in [-0.4, -0.2) is 48.6 Å². The summed E-state index contributed by atoms with van der Waals surface area (Å²) in [5, 5.41) is 17.4. The van der Waals surface area contributed by atoms with E-state index in [1.165, 1.54) is 14.0 Å². The monoisotopic (exact) mass is 638 g/mol. The number of benzene rings is 3. The number of rotatable bonds is 10. The van der Waals surface area contributed by atoms with Gasteiger partial charge < -0.3 is 30.0 Å². The van der Waals surface area contributed by atoms with Crippen molar-refractivity contribution in [1.82, 2.24) is 0 Å². The van der Waals surface area contributed by atoms with Gasteiger partial charge in [0.1, 0.15) is 28.9 Å². The molecular weight excluding hydrogens is 604 g/mol. The second-order valence-electron chi connectivity index (χ2n) is 10.2. The maximum absolute atomic E-state index is 14.1. The number of hydrogen-bond acceptors (Lipinski definition) is 7. The van der Waals surface area contributed by atoms with Crippen molar-refractivity contribution in [2.45, 2.75) is 38.7 Å². The zero-order valence-electron chi connectivity index (χ0n) is 24.0. The summed E-state index contributed by atoms with van der Waals surface area (Å²) in [6.45, 7) is 5.88. The van der Waals surface area contributed by atoms with Crippen molar-refractivity contribution in [3.63, 3.8) is 0 Å². The third-order valence-electron chi connectivity index (χ3n) is 7.28. The van der Waals surface area contributed by atoms with Crippen molar-refractivity contribution in [2.75, 3.05) is 31.0 Å². The van der Waals surface area contributed by atoms with Gasteiger partial charge in [-0.15, -0.1) is 0 Å². The predicted octanol–water partition coefficient (Wildman–Crippen LogP) is 5.57. The first kappa shape index (κ1) is 31.1. The molecule has 0 aliphatic heterocycles. The summed E-state index contributed by atoms with van der Waals surface area (Å²) in [6, 6.07) is 19.0. The Morgan fingerprint density at radius 2 is 1.45 bits per heavy atom. The lowest BCUT2D eigenvalue weighted by Gasteiger charge is -2.44. The lowest BCUT2D eigenvalue weighted by molar-refractivity contribution is -0.150. The van der Waals surface area contributed by atoms with Gasteiger partial charge in [0.2, 0.25) is 11.8 Å².